The number of nitrogens with zero attached hydrogens (tertiary/aromatic N) is 2. The van der Waals surface area contributed by atoms with E-state index in [1.54, 1.807) is 24.1 Å². The Labute approximate surface area is 262 Å². The van der Waals surface area contributed by atoms with E-state index in [4.69, 9.17) is 4.74 Å². The van der Waals surface area contributed by atoms with Gasteiger partial charge in [-0.1, -0.05) is 74.4 Å². The van der Waals surface area contributed by atoms with E-state index in [1.807, 2.05) is 73.7 Å². The summed E-state index contributed by atoms with van der Waals surface area (Å²) in [7, 11) is -1.97. The first kappa shape index (κ1) is 33.1. The van der Waals surface area contributed by atoms with Gasteiger partial charge in [-0.25, -0.2) is 8.42 Å². The molecule has 3 aromatic rings. The Kier molecular flexibility index (Phi) is 11.8. The summed E-state index contributed by atoms with van der Waals surface area (Å²) in [5.74, 6) is 0.304. The number of hydrogen-bond donors (Lipinski definition) is 1. The summed E-state index contributed by atoms with van der Waals surface area (Å²) in [4.78, 5) is 29.6. The average Bonchev–Trinajstić information content (AvgIpc) is 3.54. The Morgan fingerprint density at radius 3 is 2.25 bits per heavy atom. The van der Waals surface area contributed by atoms with E-state index >= 15 is 0 Å². The molecule has 236 valence electrons. The van der Waals surface area contributed by atoms with E-state index in [0.717, 1.165) is 48.8 Å². The minimum absolute atomic E-state index is 0.0883. The van der Waals surface area contributed by atoms with Gasteiger partial charge in [-0.3, -0.25) is 13.9 Å². The molecule has 0 spiro atoms. The first-order valence-corrected chi connectivity index (χ1v) is 17.4. The minimum Gasteiger partial charge on any atom is -0.497 e. The molecule has 1 aliphatic rings. The lowest BCUT2D eigenvalue weighted by Crippen LogP contribution is -2.52. The highest BCUT2D eigenvalue weighted by Crippen LogP contribution is 2.23. The van der Waals surface area contributed by atoms with E-state index in [2.05, 4.69) is 5.32 Å². The van der Waals surface area contributed by atoms with Gasteiger partial charge in [0.25, 0.3) is 0 Å². The van der Waals surface area contributed by atoms with Gasteiger partial charge < -0.3 is 15.0 Å². The molecule has 1 aliphatic carbocycles. The molecule has 0 saturated heterocycles. The number of aryl methyl sites for hydroxylation is 1. The molecule has 0 aromatic heterocycles. The second-order valence-electron chi connectivity index (χ2n) is 11.5. The highest BCUT2D eigenvalue weighted by atomic mass is 32.2. The maximum Gasteiger partial charge on any atom is 0.243 e. The summed E-state index contributed by atoms with van der Waals surface area (Å²) in [6.07, 6.45) is 6.84. The van der Waals surface area contributed by atoms with Gasteiger partial charge in [0.1, 0.15) is 11.8 Å². The minimum atomic E-state index is -3.57. The van der Waals surface area contributed by atoms with Gasteiger partial charge in [0, 0.05) is 32.0 Å². The third-order valence-corrected chi connectivity index (χ3v) is 9.44. The van der Waals surface area contributed by atoms with Gasteiger partial charge in [0.2, 0.25) is 21.8 Å². The molecule has 1 saturated carbocycles. The Balaban J connectivity index is 1.59. The van der Waals surface area contributed by atoms with E-state index in [1.165, 1.54) is 10.6 Å². The van der Waals surface area contributed by atoms with Crippen LogP contribution in [0.3, 0.4) is 0 Å². The lowest BCUT2D eigenvalue weighted by Gasteiger charge is -2.33. The number of carbonyl (C=O) groups is 2. The predicted molar refractivity (Wildman–Crippen MR) is 175 cm³/mol. The number of carbonyl (C=O) groups excluding carboxylic acids is 2. The molecule has 0 heterocycles. The average molecular weight is 620 g/mol. The van der Waals surface area contributed by atoms with Crippen LogP contribution in [0.5, 0.6) is 5.75 Å². The smallest absolute Gasteiger partial charge is 0.243 e. The van der Waals surface area contributed by atoms with E-state index in [-0.39, 0.29) is 37.4 Å². The normalized spacial score (nSPS) is 14.2. The Morgan fingerprint density at radius 2 is 1.61 bits per heavy atom. The van der Waals surface area contributed by atoms with Crippen molar-refractivity contribution >= 4 is 27.5 Å². The summed E-state index contributed by atoms with van der Waals surface area (Å²) < 4.78 is 32.2. The van der Waals surface area contributed by atoms with Crippen molar-refractivity contribution in [2.24, 2.45) is 0 Å². The quantitative estimate of drug-likeness (QED) is 0.242. The first-order valence-electron chi connectivity index (χ1n) is 15.5. The van der Waals surface area contributed by atoms with Crippen molar-refractivity contribution in [3.05, 3.63) is 95.6 Å². The number of nitrogens with one attached hydrogen (secondary N) is 1. The van der Waals surface area contributed by atoms with E-state index < -0.39 is 16.1 Å². The Morgan fingerprint density at radius 1 is 0.932 bits per heavy atom. The van der Waals surface area contributed by atoms with Crippen LogP contribution < -0.4 is 14.4 Å². The van der Waals surface area contributed by atoms with E-state index in [0.29, 0.717) is 24.3 Å². The van der Waals surface area contributed by atoms with Crippen molar-refractivity contribution in [2.45, 2.75) is 76.9 Å². The Hall–Kier alpha value is -3.85. The molecular formula is C35H45N3O5S. The molecule has 2 amide bonds. The first-order chi connectivity index (χ1) is 21.2. The highest BCUT2D eigenvalue weighted by molar-refractivity contribution is 7.92. The fourth-order valence-corrected chi connectivity index (χ4v) is 6.76. The summed E-state index contributed by atoms with van der Waals surface area (Å²) in [6.45, 7) is 2.42. The molecule has 8 nitrogen and oxygen atoms in total. The number of sulfonamides is 1. The molecule has 1 fully saturated rings. The SMILES string of the molecule is CCc1ccc(N(CCCC(=O)N(Cc2cccc(OC)c2)[C@H](Cc2ccccc2)C(=O)NC2CCCC2)S(C)(=O)=O)cc1. The van der Waals surface area contributed by atoms with Gasteiger partial charge in [-0.2, -0.15) is 0 Å². The monoisotopic (exact) mass is 619 g/mol. The van der Waals surface area contributed by atoms with Crippen LogP contribution in [0.4, 0.5) is 5.69 Å². The number of anilines is 1. The van der Waals surface area contributed by atoms with E-state index in [9.17, 15) is 18.0 Å². The zero-order valence-corrected chi connectivity index (χ0v) is 26.9. The van der Waals surface area contributed by atoms with Gasteiger partial charge in [0.15, 0.2) is 0 Å². The molecule has 9 heteroatoms. The zero-order chi connectivity index (χ0) is 31.5. The number of hydrogen-bond acceptors (Lipinski definition) is 5. The van der Waals surface area contributed by atoms with Crippen LogP contribution in [0.2, 0.25) is 0 Å². The van der Waals surface area contributed by atoms with Crippen molar-refractivity contribution in [1.82, 2.24) is 10.2 Å². The van der Waals surface area contributed by atoms with Crippen molar-refractivity contribution in [3.8, 4) is 5.75 Å². The van der Waals surface area contributed by atoms with Gasteiger partial charge >= 0.3 is 0 Å². The maximum absolute atomic E-state index is 14.1. The summed E-state index contributed by atoms with van der Waals surface area (Å²) >= 11 is 0. The molecule has 0 aliphatic heterocycles. The second kappa shape index (κ2) is 15.7. The lowest BCUT2D eigenvalue weighted by molar-refractivity contribution is -0.141. The van der Waals surface area contributed by atoms with Crippen molar-refractivity contribution in [1.29, 1.82) is 0 Å². The molecule has 1 atom stereocenters. The van der Waals surface area contributed by atoms with Crippen LogP contribution in [-0.2, 0) is 39.0 Å². The molecular weight excluding hydrogens is 574 g/mol. The van der Waals surface area contributed by atoms with Crippen molar-refractivity contribution in [2.75, 3.05) is 24.2 Å². The molecule has 1 N–H and O–H groups in total. The van der Waals surface area contributed by atoms with Gasteiger partial charge in [0.05, 0.1) is 19.1 Å². The topological polar surface area (TPSA) is 96.0 Å². The summed E-state index contributed by atoms with van der Waals surface area (Å²) in [5.41, 5.74) is 3.49. The Bertz CT molecular complexity index is 1470. The summed E-state index contributed by atoms with van der Waals surface area (Å²) in [5, 5.41) is 3.22. The van der Waals surface area contributed by atoms with Crippen LogP contribution in [0.1, 0.15) is 62.1 Å². The maximum atomic E-state index is 14.1. The van der Waals surface area contributed by atoms with Gasteiger partial charge in [-0.05, 0) is 66.6 Å². The lowest BCUT2D eigenvalue weighted by atomic mass is 10.0. The number of ether oxygens (including phenoxy) is 1. The fourth-order valence-electron chi connectivity index (χ4n) is 5.79. The second-order valence-corrected chi connectivity index (χ2v) is 13.4. The largest absolute Gasteiger partial charge is 0.497 e. The van der Waals surface area contributed by atoms with Crippen molar-refractivity contribution < 1.29 is 22.7 Å². The number of benzene rings is 3. The van der Waals surface area contributed by atoms with Crippen LogP contribution in [-0.4, -0.2) is 57.1 Å². The van der Waals surface area contributed by atoms with Crippen molar-refractivity contribution in [3.63, 3.8) is 0 Å². The van der Waals surface area contributed by atoms with Crippen LogP contribution in [0, 0.1) is 0 Å². The molecule has 0 radical (unpaired) electrons. The molecule has 44 heavy (non-hydrogen) atoms. The predicted octanol–water partition coefficient (Wildman–Crippen LogP) is 5.50. The number of amides is 2. The standard InChI is InChI=1S/C35H45N3O5S/c1-4-27-19-21-31(22-20-27)38(44(3,41)42)23-11-18-34(39)37(26-29-14-10-17-32(24-29)43-2)33(25-28-12-6-5-7-13-28)35(40)36-30-15-8-9-16-30/h5-7,10,12-14,17,19-22,24,30,33H,4,8-9,11,15-16,18,23,25-26H2,1-3H3,(H,36,40)/t33-/m1/s1. The third kappa shape index (κ3) is 9.32. The van der Waals surface area contributed by atoms with Crippen LogP contribution >= 0.6 is 0 Å². The van der Waals surface area contributed by atoms with Crippen LogP contribution in [0.25, 0.3) is 0 Å². The van der Waals surface area contributed by atoms with Crippen LogP contribution in [0.15, 0.2) is 78.9 Å². The molecule has 0 unspecified atom stereocenters. The zero-order valence-electron chi connectivity index (χ0n) is 26.1. The number of methoxy groups -OCH3 is 1. The molecule has 0 bridgehead atoms. The molecule has 3 aromatic carbocycles. The van der Waals surface area contributed by atoms with Gasteiger partial charge in [-0.15, -0.1) is 0 Å². The fraction of sp³-hybridized carbons (Fsp3) is 0.429. The third-order valence-electron chi connectivity index (χ3n) is 8.24. The summed E-state index contributed by atoms with van der Waals surface area (Å²) in [6, 6.07) is 24.1. The highest BCUT2D eigenvalue weighted by Gasteiger charge is 2.32. The molecule has 4 rings (SSSR count). The number of rotatable bonds is 15.